The van der Waals surface area contributed by atoms with Gasteiger partial charge in [0, 0.05) is 5.56 Å². The van der Waals surface area contributed by atoms with Crippen molar-refractivity contribution in [3.05, 3.63) is 34.4 Å². The molecule has 0 saturated carbocycles. The van der Waals surface area contributed by atoms with Gasteiger partial charge in [-0.2, -0.15) is 0 Å². The number of methoxy groups -OCH3 is 1. The van der Waals surface area contributed by atoms with Crippen molar-refractivity contribution < 1.29 is 19.1 Å². The first kappa shape index (κ1) is 13.7. The molecule has 19 heavy (non-hydrogen) atoms. The van der Waals surface area contributed by atoms with E-state index in [0.29, 0.717) is 5.56 Å². The zero-order valence-corrected chi connectivity index (χ0v) is 11.7. The molecular weight excluding hydrogens is 244 g/mol. The summed E-state index contributed by atoms with van der Waals surface area (Å²) in [5, 5.41) is 0. The van der Waals surface area contributed by atoms with Gasteiger partial charge in [0.15, 0.2) is 11.2 Å². The number of rotatable bonds is 3. The van der Waals surface area contributed by atoms with Crippen molar-refractivity contribution in [3.63, 3.8) is 0 Å². The highest BCUT2D eigenvalue weighted by molar-refractivity contribution is 6.14. The van der Waals surface area contributed by atoms with E-state index in [9.17, 15) is 9.59 Å². The minimum atomic E-state index is -1.15. The summed E-state index contributed by atoms with van der Waals surface area (Å²) in [7, 11) is 1.29. The molecule has 0 N–H and O–H groups in total. The Morgan fingerprint density at radius 3 is 2.16 bits per heavy atom. The average molecular weight is 262 g/mol. The lowest BCUT2D eigenvalue weighted by Gasteiger charge is -2.37. The van der Waals surface area contributed by atoms with Crippen LogP contribution in [0, 0.1) is 26.2 Å². The van der Waals surface area contributed by atoms with Crippen LogP contribution in [0.3, 0.4) is 0 Å². The second-order valence-electron chi connectivity index (χ2n) is 5.15. The first-order chi connectivity index (χ1) is 8.92. The summed E-state index contributed by atoms with van der Waals surface area (Å²) in [6, 6.07) is 3.81. The molecule has 0 aliphatic carbocycles. The number of hydrogen-bond acceptors (Lipinski definition) is 4. The van der Waals surface area contributed by atoms with Crippen LogP contribution in [0.4, 0.5) is 0 Å². The molecule has 2 rings (SSSR count). The van der Waals surface area contributed by atoms with Gasteiger partial charge in [0.25, 0.3) is 0 Å². The van der Waals surface area contributed by atoms with Crippen molar-refractivity contribution in [3.8, 4) is 0 Å². The molecule has 0 atom stereocenters. The number of esters is 1. The summed E-state index contributed by atoms with van der Waals surface area (Å²) < 4.78 is 9.83. The second kappa shape index (κ2) is 4.78. The van der Waals surface area contributed by atoms with Crippen molar-refractivity contribution >= 4 is 11.8 Å². The third-order valence-corrected chi connectivity index (χ3v) is 3.79. The maximum atomic E-state index is 12.7. The standard InChI is InChI=1S/C15H18O4/c1-9-5-11(3)12(6-10(9)2)13(16)15(7-19-8-15)14(17)18-4/h5-6H,7-8H2,1-4H3. The van der Waals surface area contributed by atoms with Gasteiger partial charge < -0.3 is 9.47 Å². The molecule has 4 nitrogen and oxygen atoms in total. The molecule has 0 spiro atoms. The number of carbonyl (C=O) groups excluding carboxylic acids is 2. The lowest BCUT2D eigenvalue weighted by atomic mass is 9.77. The Balaban J connectivity index is 2.44. The molecule has 1 aliphatic rings. The summed E-state index contributed by atoms with van der Waals surface area (Å²) in [6.45, 7) is 6.03. The molecule has 1 saturated heterocycles. The predicted molar refractivity (Wildman–Crippen MR) is 70.3 cm³/mol. The molecule has 4 heteroatoms. The van der Waals surface area contributed by atoms with Crippen molar-refractivity contribution in [1.29, 1.82) is 0 Å². The van der Waals surface area contributed by atoms with Gasteiger partial charge in [-0.3, -0.25) is 9.59 Å². The van der Waals surface area contributed by atoms with E-state index in [1.54, 1.807) is 0 Å². The third kappa shape index (κ3) is 2.06. The first-order valence-corrected chi connectivity index (χ1v) is 6.21. The van der Waals surface area contributed by atoms with Crippen LogP contribution in [0.25, 0.3) is 0 Å². The van der Waals surface area contributed by atoms with Gasteiger partial charge in [-0.05, 0) is 43.5 Å². The van der Waals surface area contributed by atoms with Crippen LogP contribution in [0.2, 0.25) is 0 Å². The highest BCUT2D eigenvalue weighted by Crippen LogP contribution is 2.34. The summed E-state index contributed by atoms with van der Waals surface area (Å²) in [5.74, 6) is -0.715. The smallest absolute Gasteiger partial charge is 0.324 e. The van der Waals surface area contributed by atoms with E-state index < -0.39 is 11.4 Å². The Morgan fingerprint density at radius 2 is 1.68 bits per heavy atom. The second-order valence-corrected chi connectivity index (χ2v) is 5.15. The van der Waals surface area contributed by atoms with Gasteiger partial charge in [0.2, 0.25) is 0 Å². The topological polar surface area (TPSA) is 52.6 Å². The minimum absolute atomic E-state index is 0.102. The van der Waals surface area contributed by atoms with E-state index in [0.717, 1.165) is 16.7 Å². The minimum Gasteiger partial charge on any atom is -0.468 e. The maximum absolute atomic E-state index is 12.7. The van der Waals surface area contributed by atoms with Crippen LogP contribution in [0.1, 0.15) is 27.0 Å². The van der Waals surface area contributed by atoms with Gasteiger partial charge in [0.05, 0.1) is 20.3 Å². The number of carbonyl (C=O) groups is 2. The molecule has 1 aromatic carbocycles. The Kier molecular flexibility index (Phi) is 3.45. The van der Waals surface area contributed by atoms with Crippen LogP contribution in [0.15, 0.2) is 12.1 Å². The molecule has 0 unspecified atom stereocenters. The lowest BCUT2D eigenvalue weighted by molar-refractivity contribution is -0.172. The average Bonchev–Trinajstić information content (AvgIpc) is 2.31. The van der Waals surface area contributed by atoms with E-state index >= 15 is 0 Å². The fourth-order valence-electron chi connectivity index (χ4n) is 2.31. The molecule has 0 radical (unpaired) electrons. The Bertz CT molecular complexity index is 541. The molecule has 0 amide bonds. The van der Waals surface area contributed by atoms with Gasteiger partial charge in [0.1, 0.15) is 0 Å². The van der Waals surface area contributed by atoms with Crippen LogP contribution in [0.5, 0.6) is 0 Å². The molecule has 1 heterocycles. The summed E-state index contributed by atoms with van der Waals surface area (Å²) in [4.78, 5) is 24.5. The Morgan fingerprint density at radius 1 is 1.11 bits per heavy atom. The number of Topliss-reactive ketones (excluding diaryl/α,β-unsaturated/α-hetero) is 1. The first-order valence-electron chi connectivity index (χ1n) is 6.21. The summed E-state index contributed by atoms with van der Waals surface area (Å²) in [6.07, 6.45) is 0. The van der Waals surface area contributed by atoms with E-state index in [-0.39, 0.29) is 19.0 Å². The lowest BCUT2D eigenvalue weighted by Crippen LogP contribution is -2.55. The normalized spacial score (nSPS) is 16.6. The largest absolute Gasteiger partial charge is 0.468 e. The highest BCUT2D eigenvalue weighted by Gasteiger charge is 2.54. The third-order valence-electron chi connectivity index (χ3n) is 3.79. The van der Waals surface area contributed by atoms with E-state index in [2.05, 4.69) is 0 Å². The van der Waals surface area contributed by atoms with Crippen LogP contribution < -0.4 is 0 Å². The zero-order chi connectivity index (χ0) is 14.2. The maximum Gasteiger partial charge on any atom is 0.324 e. The fraction of sp³-hybridized carbons (Fsp3) is 0.467. The van der Waals surface area contributed by atoms with Crippen molar-refractivity contribution in [2.45, 2.75) is 20.8 Å². The fourth-order valence-corrected chi connectivity index (χ4v) is 2.31. The SMILES string of the molecule is COC(=O)C1(C(=O)c2cc(C)c(C)cc2C)COC1. The van der Waals surface area contributed by atoms with E-state index in [4.69, 9.17) is 9.47 Å². The Hall–Kier alpha value is -1.68. The van der Waals surface area contributed by atoms with Gasteiger partial charge in [-0.25, -0.2) is 0 Å². The number of benzene rings is 1. The molecule has 0 bridgehead atoms. The predicted octanol–water partition coefficient (Wildman–Crippen LogP) is 1.98. The van der Waals surface area contributed by atoms with Gasteiger partial charge in [-0.1, -0.05) is 6.07 Å². The number of hydrogen-bond donors (Lipinski definition) is 0. The monoisotopic (exact) mass is 262 g/mol. The van der Waals surface area contributed by atoms with Gasteiger partial charge in [-0.15, -0.1) is 0 Å². The van der Waals surface area contributed by atoms with Crippen molar-refractivity contribution in [1.82, 2.24) is 0 Å². The molecule has 1 aromatic rings. The molecule has 1 aliphatic heterocycles. The summed E-state index contributed by atoms with van der Waals surface area (Å²) >= 11 is 0. The number of ether oxygens (including phenoxy) is 2. The number of aryl methyl sites for hydroxylation is 3. The number of ketones is 1. The quantitative estimate of drug-likeness (QED) is 0.475. The Labute approximate surface area is 112 Å². The van der Waals surface area contributed by atoms with Crippen LogP contribution >= 0.6 is 0 Å². The molecule has 1 fully saturated rings. The van der Waals surface area contributed by atoms with E-state index in [1.165, 1.54) is 7.11 Å². The van der Waals surface area contributed by atoms with Crippen LogP contribution in [-0.4, -0.2) is 32.1 Å². The van der Waals surface area contributed by atoms with E-state index in [1.807, 2.05) is 32.9 Å². The van der Waals surface area contributed by atoms with Crippen molar-refractivity contribution in [2.24, 2.45) is 5.41 Å². The van der Waals surface area contributed by atoms with Crippen LogP contribution in [-0.2, 0) is 14.3 Å². The molecule has 0 aromatic heterocycles. The molecule has 102 valence electrons. The van der Waals surface area contributed by atoms with Crippen molar-refractivity contribution in [2.75, 3.05) is 20.3 Å². The summed E-state index contributed by atoms with van der Waals surface area (Å²) in [5.41, 5.74) is 2.47. The molecular formula is C15H18O4. The zero-order valence-electron chi connectivity index (χ0n) is 11.7. The van der Waals surface area contributed by atoms with Gasteiger partial charge >= 0.3 is 5.97 Å². The highest BCUT2D eigenvalue weighted by atomic mass is 16.5.